The average molecular weight is 1540 g/mol. The van der Waals surface area contributed by atoms with Crippen LogP contribution in [0.25, 0.3) is 159 Å². The van der Waals surface area contributed by atoms with Crippen LogP contribution in [-0.4, -0.2) is 52.8 Å². The van der Waals surface area contributed by atoms with E-state index in [1.807, 2.05) is 178 Å². The number of nitrogens with zero attached hydrogens (tertiary/aromatic N) is 16. The third kappa shape index (κ3) is 11.8. The van der Waals surface area contributed by atoms with Crippen LogP contribution >= 0.6 is 22.7 Å². The predicted molar refractivity (Wildman–Crippen MR) is 439 cm³/mol. The number of hydrogen-bond donors (Lipinski definition) is 0. The van der Waals surface area contributed by atoms with E-state index in [1.54, 1.807) is 22.7 Å². The van der Waals surface area contributed by atoms with Crippen LogP contribution in [0.5, 0.6) is 0 Å². The van der Waals surface area contributed by atoms with Gasteiger partial charge in [0.2, 0.25) is 21.1 Å². The van der Waals surface area contributed by atoms with E-state index in [0.717, 1.165) is 122 Å². The van der Waals surface area contributed by atoms with Crippen molar-refractivity contribution in [2.24, 2.45) is 42.3 Å². The standard InChI is InChI=1S/C27H24N3OS.C16H17N4O.2C15H14N3O2.C15H14N3OS/c1-15-9-8-10-16(2)25(15)30-22-12-7-6-11-21(22)29(5)26(30)19-14-23-20(13-17(19)3)24-27(32-23)31-18(4)28-24;1-10-6-7-12-13-16(19(4)11(2)17-13)21-15(12)14(10)20-9-5-8-18(20)3;1-9-5-6-11-12-15(19-10(2)16-12)20-14(11)13(9)18-8-4-7-17(18)3;1-9-5-6-11-13(12(9)18-8-4-7-17(18)3)20-15-14(11)19-10(2)16-15;1-9-5-6-11-12-15(19-10(2)16-12)20-14(11)13(9)18-8-4-7-17(18)3/h6-14H,1-5H3;5-9H,1-4H3;3*4-8H,1-3H3/q5*+1. The van der Waals surface area contributed by atoms with Gasteiger partial charge >= 0.3 is 5.78 Å². The molecule has 0 spiro atoms. The Labute approximate surface area is 655 Å². The van der Waals surface area contributed by atoms with Crippen LogP contribution < -0.4 is 23.3 Å². The lowest BCUT2D eigenvalue weighted by molar-refractivity contribution is -0.744. The van der Waals surface area contributed by atoms with Gasteiger partial charge in [-0.3, -0.25) is 0 Å². The number of para-hydroxylation sites is 3. The molecule has 7 aromatic carbocycles. The summed E-state index contributed by atoms with van der Waals surface area (Å²) in [6.07, 6.45) is 16.2. The van der Waals surface area contributed by atoms with Crippen molar-refractivity contribution in [1.29, 1.82) is 0 Å². The minimum absolute atomic E-state index is 0.485. The van der Waals surface area contributed by atoms with Gasteiger partial charge in [0, 0.05) is 74.5 Å². The molecular weight excluding hydrogens is 1460 g/mol. The number of fused-ring (bicyclic) bond motifs is 16. The predicted octanol–water partition coefficient (Wildman–Crippen LogP) is 18.1. The van der Waals surface area contributed by atoms with E-state index >= 15 is 0 Å². The summed E-state index contributed by atoms with van der Waals surface area (Å²) in [6, 6.07) is 44.5. The van der Waals surface area contributed by atoms with Gasteiger partial charge < -0.3 is 35.5 Å². The van der Waals surface area contributed by atoms with Crippen molar-refractivity contribution in [3.05, 3.63) is 245 Å². The van der Waals surface area contributed by atoms with Gasteiger partial charge in [-0.1, -0.05) is 83.3 Å². The SMILES string of the molecule is Cc1ccc2c(oc3c2nc(C)n3C)c1-n1ccc[n+]1C.Cc1nc2c(o1)oc1c(-n3ccc[n+]3C)c(C)ccc12.Cc1nc2c(o1)sc1c(-n3ccc[n+]3C)c(C)ccc12.Cc1nc2c(o1)sc1cc(-c3n(-c4c(C)cccc4C)c4ccccc4[n+]3C)c(C)cc12.Cc1nc2oc3c(-n4ccc[n+]4C)c(C)ccc3c2o1. The molecule has 15 heterocycles. The number of oxazole rings is 4. The number of aryl methyl sites for hydroxylation is 18. The molecule has 0 N–H and O–H groups in total. The molecule has 0 unspecified atom stereocenters. The zero-order chi connectivity index (χ0) is 78.4. The molecule has 23 nitrogen and oxygen atoms in total. The molecular formula is C88H83N16O7S2+5. The molecule has 113 heavy (non-hydrogen) atoms. The number of hydrogen-bond acceptors (Lipinski definition) is 14. The Morgan fingerprint density at radius 2 is 0.841 bits per heavy atom. The van der Waals surface area contributed by atoms with E-state index < -0.39 is 0 Å². The van der Waals surface area contributed by atoms with E-state index in [4.69, 9.17) is 30.9 Å². The van der Waals surface area contributed by atoms with E-state index in [1.165, 1.54) is 76.4 Å². The van der Waals surface area contributed by atoms with Gasteiger partial charge in [-0.25, -0.2) is 24.5 Å². The van der Waals surface area contributed by atoms with Crippen molar-refractivity contribution in [3.8, 4) is 39.8 Å². The molecule has 22 aromatic rings. The van der Waals surface area contributed by atoms with E-state index in [0.29, 0.717) is 28.9 Å². The molecule has 0 atom stereocenters. The van der Waals surface area contributed by atoms with E-state index in [2.05, 4.69) is 201 Å². The zero-order valence-electron chi connectivity index (χ0n) is 66.1. The molecule has 0 amide bonds. The molecule has 0 bridgehead atoms. The highest BCUT2D eigenvalue weighted by atomic mass is 32.1. The minimum atomic E-state index is 0.485. The smallest absolute Gasteiger partial charge is 0.319 e. The highest BCUT2D eigenvalue weighted by Gasteiger charge is 2.32. The maximum atomic E-state index is 6.16. The van der Waals surface area contributed by atoms with Gasteiger partial charge in [0.1, 0.15) is 33.7 Å². The second-order valence-corrected chi connectivity index (χ2v) is 31.0. The molecule has 0 fully saturated rings. The lowest BCUT2D eigenvalue weighted by Gasteiger charge is -2.11. The van der Waals surface area contributed by atoms with E-state index in [-0.39, 0.29) is 0 Å². The van der Waals surface area contributed by atoms with Crippen molar-refractivity contribution in [1.82, 2.24) is 52.8 Å². The number of rotatable bonds is 6. The Morgan fingerprint density at radius 1 is 0.363 bits per heavy atom. The van der Waals surface area contributed by atoms with Crippen LogP contribution in [0.1, 0.15) is 68.3 Å². The molecule has 0 radical (unpaired) electrons. The number of thiophene rings is 2. The van der Waals surface area contributed by atoms with Gasteiger partial charge in [-0.05, 0) is 137 Å². The Kier molecular flexibility index (Phi) is 17.3. The number of benzene rings is 7. The highest BCUT2D eigenvalue weighted by Crippen LogP contribution is 2.43. The molecule has 0 saturated heterocycles. The summed E-state index contributed by atoms with van der Waals surface area (Å²) in [5.41, 5.74) is 25.9. The van der Waals surface area contributed by atoms with Gasteiger partial charge in [0.05, 0.1) is 58.3 Å². The van der Waals surface area contributed by atoms with Gasteiger partial charge in [-0.15, -0.1) is 37.5 Å². The summed E-state index contributed by atoms with van der Waals surface area (Å²) < 4.78 is 66.3. The van der Waals surface area contributed by atoms with Crippen LogP contribution in [0.4, 0.5) is 0 Å². The molecule has 15 aromatic heterocycles. The number of aromatic nitrogens is 16. The molecule has 0 aliphatic heterocycles. The van der Waals surface area contributed by atoms with Crippen LogP contribution in [0.2, 0.25) is 0 Å². The summed E-state index contributed by atoms with van der Waals surface area (Å²) in [5.74, 6) is 5.30. The van der Waals surface area contributed by atoms with Gasteiger partial charge in [-0.2, -0.15) is 9.55 Å². The monoisotopic (exact) mass is 1540 g/mol. The Balaban J connectivity index is 0.0000000999. The van der Waals surface area contributed by atoms with Crippen molar-refractivity contribution in [3.63, 3.8) is 0 Å². The second kappa shape index (κ2) is 27.3. The second-order valence-electron chi connectivity index (χ2n) is 29.0. The summed E-state index contributed by atoms with van der Waals surface area (Å²) in [7, 11) is 12.2. The first-order chi connectivity index (χ1) is 54.5. The number of imidazole rings is 2. The van der Waals surface area contributed by atoms with Crippen LogP contribution in [0.3, 0.4) is 0 Å². The first-order valence-electron chi connectivity index (χ1n) is 37.2. The molecule has 25 heteroatoms. The Morgan fingerprint density at radius 3 is 1.42 bits per heavy atom. The lowest BCUT2D eigenvalue weighted by atomic mass is 10.0. The quantitative estimate of drug-likeness (QED) is 0.143. The topological polar surface area (TPSA) is 205 Å². The van der Waals surface area contributed by atoms with Crippen molar-refractivity contribution < 1.29 is 54.2 Å². The van der Waals surface area contributed by atoms with Crippen molar-refractivity contribution >= 4 is 141 Å². The minimum Gasteiger partial charge on any atom is -0.437 e. The van der Waals surface area contributed by atoms with Gasteiger partial charge in [0.15, 0.2) is 127 Å². The Hall–Kier alpha value is -13.3. The normalized spacial score (nSPS) is 11.8. The maximum Gasteiger partial charge on any atom is 0.319 e. The fourth-order valence-corrected chi connectivity index (χ4v) is 18.0. The first kappa shape index (κ1) is 71.4. The molecule has 22 rings (SSSR count). The van der Waals surface area contributed by atoms with Crippen LogP contribution in [0, 0.1) is 83.1 Å². The largest absolute Gasteiger partial charge is 0.437 e. The van der Waals surface area contributed by atoms with Gasteiger partial charge in [0.25, 0.3) is 11.5 Å². The third-order valence-corrected chi connectivity index (χ3v) is 23.4. The maximum absolute atomic E-state index is 6.16. The van der Waals surface area contributed by atoms with Crippen LogP contribution in [0.15, 0.2) is 208 Å². The van der Waals surface area contributed by atoms with Crippen molar-refractivity contribution in [2.75, 3.05) is 0 Å². The molecule has 564 valence electrons. The summed E-state index contributed by atoms with van der Waals surface area (Å²) in [5, 5.41) is 5.32. The fraction of sp³-hybridized carbons (Fsp3) is 0.205. The van der Waals surface area contributed by atoms with Crippen LogP contribution in [-0.2, 0) is 42.3 Å². The summed E-state index contributed by atoms with van der Waals surface area (Å²) in [6.45, 7) is 24.4. The zero-order valence-corrected chi connectivity index (χ0v) is 67.7. The molecule has 0 saturated carbocycles. The van der Waals surface area contributed by atoms with Crippen molar-refractivity contribution in [2.45, 2.75) is 83.1 Å². The first-order valence-corrected chi connectivity index (χ1v) is 38.8. The highest BCUT2D eigenvalue weighted by molar-refractivity contribution is 7.25. The fourth-order valence-electron chi connectivity index (χ4n) is 15.7. The van der Waals surface area contributed by atoms with E-state index in [9.17, 15) is 0 Å². The molecule has 0 aliphatic rings. The third-order valence-electron chi connectivity index (χ3n) is 21.3. The Bertz CT molecular complexity index is 7140. The lowest BCUT2D eigenvalue weighted by Crippen LogP contribution is -2.37. The summed E-state index contributed by atoms with van der Waals surface area (Å²) >= 11 is 3.34. The number of furan rings is 3. The average Bonchev–Trinajstić information content (AvgIpc) is 1.61. The summed E-state index contributed by atoms with van der Waals surface area (Å²) in [4.78, 5) is 24.2. The molecule has 0 aliphatic carbocycles.